The van der Waals surface area contributed by atoms with Crippen LogP contribution in [0.3, 0.4) is 0 Å². The maximum atomic E-state index is 13.8. The first kappa shape index (κ1) is 13.5. The minimum Gasteiger partial charge on any atom is -0.451 e. The van der Waals surface area contributed by atoms with Gasteiger partial charge in [-0.2, -0.15) is 5.10 Å². The van der Waals surface area contributed by atoms with Gasteiger partial charge in [0.25, 0.3) is 0 Å². The van der Waals surface area contributed by atoms with Crippen LogP contribution in [0.5, 0.6) is 11.5 Å². The molecule has 1 atom stereocenters. The van der Waals surface area contributed by atoms with E-state index in [9.17, 15) is 9.50 Å². The van der Waals surface area contributed by atoms with Gasteiger partial charge in [-0.25, -0.2) is 4.39 Å². The van der Waals surface area contributed by atoms with Crippen molar-refractivity contribution in [2.24, 2.45) is 0 Å². The van der Waals surface area contributed by atoms with E-state index in [2.05, 4.69) is 12.0 Å². The third kappa shape index (κ3) is 3.32. The molecule has 0 aliphatic heterocycles. The van der Waals surface area contributed by atoms with Crippen LogP contribution >= 0.6 is 0 Å². The van der Waals surface area contributed by atoms with E-state index in [-0.39, 0.29) is 5.75 Å². The lowest BCUT2D eigenvalue weighted by Gasteiger charge is -2.08. The largest absolute Gasteiger partial charge is 0.451 e. The van der Waals surface area contributed by atoms with E-state index in [0.29, 0.717) is 11.3 Å². The highest BCUT2D eigenvalue weighted by molar-refractivity contribution is 5.33. The van der Waals surface area contributed by atoms with Gasteiger partial charge in [0.05, 0.1) is 18.5 Å². The summed E-state index contributed by atoms with van der Waals surface area (Å²) in [5.74, 6) is 0.124. The quantitative estimate of drug-likeness (QED) is 0.901. The molecule has 0 aliphatic rings. The minimum absolute atomic E-state index is 0.125. The van der Waals surface area contributed by atoms with Crippen LogP contribution in [0.4, 0.5) is 4.39 Å². The number of nitrogens with zero attached hydrogens (tertiary/aromatic N) is 2. The molecule has 0 spiro atoms. The molecule has 0 aliphatic carbocycles. The van der Waals surface area contributed by atoms with Gasteiger partial charge in [0.2, 0.25) is 0 Å². The van der Waals surface area contributed by atoms with Crippen molar-refractivity contribution in [1.29, 1.82) is 0 Å². The molecule has 0 radical (unpaired) electrons. The van der Waals surface area contributed by atoms with Crippen molar-refractivity contribution < 1.29 is 14.2 Å². The van der Waals surface area contributed by atoms with Gasteiger partial charge >= 0.3 is 0 Å². The maximum Gasteiger partial charge on any atom is 0.166 e. The summed E-state index contributed by atoms with van der Waals surface area (Å²) in [5, 5.41) is 13.5. The number of hydrogen-bond acceptors (Lipinski definition) is 3. The zero-order valence-corrected chi connectivity index (χ0v) is 11.0. The molecule has 0 bridgehead atoms. The van der Waals surface area contributed by atoms with Crippen LogP contribution in [-0.2, 0) is 6.54 Å². The van der Waals surface area contributed by atoms with Crippen molar-refractivity contribution in [3.05, 3.63) is 42.0 Å². The first-order valence-electron chi connectivity index (χ1n) is 6.28. The van der Waals surface area contributed by atoms with E-state index in [4.69, 9.17) is 4.74 Å². The van der Waals surface area contributed by atoms with E-state index >= 15 is 0 Å². The van der Waals surface area contributed by atoms with Gasteiger partial charge in [0.1, 0.15) is 0 Å². The van der Waals surface area contributed by atoms with Gasteiger partial charge in [-0.05, 0) is 31.0 Å². The van der Waals surface area contributed by atoms with Gasteiger partial charge in [0.15, 0.2) is 17.3 Å². The molecule has 1 aromatic heterocycles. The Labute approximate surface area is 111 Å². The lowest BCUT2D eigenvalue weighted by molar-refractivity contribution is 0.198. The second-order valence-corrected chi connectivity index (χ2v) is 4.41. The highest BCUT2D eigenvalue weighted by Gasteiger charge is 2.09. The lowest BCUT2D eigenvalue weighted by atomic mass is 10.1. The van der Waals surface area contributed by atoms with Crippen LogP contribution in [0.2, 0.25) is 0 Å². The van der Waals surface area contributed by atoms with Crippen molar-refractivity contribution in [3.8, 4) is 11.5 Å². The molecule has 0 unspecified atom stereocenters. The molecule has 1 N–H and O–H groups in total. The zero-order valence-electron chi connectivity index (χ0n) is 11.0. The van der Waals surface area contributed by atoms with Crippen LogP contribution in [-0.4, -0.2) is 14.9 Å². The van der Waals surface area contributed by atoms with E-state index < -0.39 is 11.9 Å². The van der Waals surface area contributed by atoms with Crippen molar-refractivity contribution in [1.82, 2.24) is 9.78 Å². The number of aromatic nitrogens is 2. The molecule has 0 amide bonds. The Morgan fingerprint density at radius 1 is 1.47 bits per heavy atom. The molecule has 5 heteroatoms. The minimum atomic E-state index is -0.698. The lowest BCUT2D eigenvalue weighted by Crippen LogP contribution is -1.96. The summed E-state index contributed by atoms with van der Waals surface area (Å²) < 4.78 is 21.0. The number of hydrogen-bond donors (Lipinski definition) is 1. The number of aliphatic hydroxyl groups is 1. The molecular weight excluding hydrogens is 247 g/mol. The predicted molar refractivity (Wildman–Crippen MR) is 69.6 cm³/mol. The Morgan fingerprint density at radius 3 is 2.89 bits per heavy atom. The molecule has 1 aromatic carbocycles. The van der Waals surface area contributed by atoms with Crippen molar-refractivity contribution >= 4 is 0 Å². The Balaban J connectivity index is 2.13. The Hall–Kier alpha value is -1.88. The molecule has 19 heavy (non-hydrogen) atoms. The summed E-state index contributed by atoms with van der Waals surface area (Å²) in [6.45, 7) is 4.44. The number of aryl methyl sites for hydroxylation is 1. The summed E-state index contributed by atoms with van der Waals surface area (Å²) in [7, 11) is 0. The first-order valence-corrected chi connectivity index (χ1v) is 6.28. The molecule has 1 heterocycles. The zero-order chi connectivity index (χ0) is 13.8. The average molecular weight is 264 g/mol. The van der Waals surface area contributed by atoms with Crippen molar-refractivity contribution in [2.75, 3.05) is 0 Å². The number of ether oxygens (including phenoxy) is 1. The molecule has 2 aromatic rings. The van der Waals surface area contributed by atoms with Crippen molar-refractivity contribution in [2.45, 2.75) is 32.9 Å². The molecule has 4 nitrogen and oxygen atoms in total. The van der Waals surface area contributed by atoms with Crippen LogP contribution < -0.4 is 4.74 Å². The summed E-state index contributed by atoms with van der Waals surface area (Å²) >= 11 is 0. The van der Waals surface area contributed by atoms with Crippen molar-refractivity contribution in [3.63, 3.8) is 0 Å². The van der Waals surface area contributed by atoms with Crippen LogP contribution in [0.25, 0.3) is 0 Å². The smallest absolute Gasteiger partial charge is 0.166 e. The fourth-order valence-electron chi connectivity index (χ4n) is 1.74. The number of rotatable bonds is 5. The number of benzene rings is 1. The van der Waals surface area contributed by atoms with E-state index in [1.54, 1.807) is 30.1 Å². The number of aliphatic hydroxyl groups excluding tert-OH is 1. The van der Waals surface area contributed by atoms with Crippen LogP contribution in [0.1, 0.15) is 31.9 Å². The third-order valence-electron chi connectivity index (χ3n) is 2.73. The molecule has 0 fully saturated rings. The summed E-state index contributed by atoms with van der Waals surface area (Å²) in [4.78, 5) is 0. The van der Waals surface area contributed by atoms with Gasteiger partial charge in [-0.1, -0.05) is 13.0 Å². The fourth-order valence-corrected chi connectivity index (χ4v) is 1.74. The molecule has 102 valence electrons. The normalized spacial score (nSPS) is 12.4. The Morgan fingerprint density at radius 2 is 2.26 bits per heavy atom. The van der Waals surface area contributed by atoms with E-state index in [0.717, 1.165) is 13.0 Å². The number of halogens is 1. The topological polar surface area (TPSA) is 47.3 Å². The summed E-state index contributed by atoms with van der Waals surface area (Å²) in [6, 6.07) is 4.42. The van der Waals surface area contributed by atoms with Gasteiger partial charge < -0.3 is 9.84 Å². The van der Waals surface area contributed by atoms with Gasteiger partial charge in [-0.3, -0.25) is 4.68 Å². The highest BCUT2D eigenvalue weighted by Crippen LogP contribution is 2.26. The van der Waals surface area contributed by atoms with Crippen LogP contribution in [0.15, 0.2) is 30.6 Å². The van der Waals surface area contributed by atoms with E-state index in [1.165, 1.54) is 12.1 Å². The predicted octanol–water partition coefficient (Wildman–Crippen LogP) is 3.28. The monoisotopic (exact) mass is 264 g/mol. The van der Waals surface area contributed by atoms with Gasteiger partial charge in [0, 0.05) is 6.54 Å². The molecular formula is C14H17FN2O2. The van der Waals surface area contributed by atoms with E-state index in [1.807, 2.05) is 0 Å². The molecule has 2 rings (SSSR count). The third-order valence-corrected chi connectivity index (χ3v) is 2.73. The Bertz CT molecular complexity index is 552. The second kappa shape index (κ2) is 5.84. The first-order chi connectivity index (χ1) is 9.10. The summed E-state index contributed by atoms with van der Waals surface area (Å²) in [6.07, 6.45) is 3.55. The van der Waals surface area contributed by atoms with Gasteiger partial charge in [-0.15, -0.1) is 0 Å². The maximum absolute atomic E-state index is 13.8. The summed E-state index contributed by atoms with van der Waals surface area (Å²) in [5.41, 5.74) is 0.520. The SMILES string of the molecule is CCCn1cc(Oc2ccc([C@H](C)O)cc2F)cn1. The standard InChI is InChI=1S/C14H17FN2O2/c1-3-6-17-9-12(8-16-17)19-14-5-4-11(10(2)18)7-13(14)15/h4-5,7-10,18H,3,6H2,1-2H3/t10-/m0/s1. The molecule has 0 saturated heterocycles. The fraction of sp³-hybridized carbons (Fsp3) is 0.357. The van der Waals surface area contributed by atoms with Crippen LogP contribution in [0, 0.1) is 5.82 Å². The molecule has 0 saturated carbocycles. The highest BCUT2D eigenvalue weighted by atomic mass is 19.1. The Kier molecular flexibility index (Phi) is 4.16. The average Bonchev–Trinajstić information content (AvgIpc) is 2.79. The second-order valence-electron chi connectivity index (χ2n) is 4.41.